The van der Waals surface area contributed by atoms with Crippen LogP contribution in [0.15, 0.2) is 30.3 Å². The SMILES string of the molecule is NCCCN(Cc1ccccc1)C(=O)C(F)F. The number of halogens is 2. The third-order valence-corrected chi connectivity index (χ3v) is 2.35. The van der Waals surface area contributed by atoms with Gasteiger partial charge in [-0.3, -0.25) is 4.79 Å². The van der Waals surface area contributed by atoms with Crippen molar-refractivity contribution in [3.8, 4) is 0 Å². The summed E-state index contributed by atoms with van der Waals surface area (Å²) in [6.07, 6.45) is -2.44. The molecule has 0 saturated heterocycles. The number of rotatable bonds is 6. The van der Waals surface area contributed by atoms with Gasteiger partial charge < -0.3 is 10.6 Å². The van der Waals surface area contributed by atoms with Crippen molar-refractivity contribution in [2.24, 2.45) is 5.73 Å². The minimum atomic E-state index is -2.96. The summed E-state index contributed by atoms with van der Waals surface area (Å²) >= 11 is 0. The van der Waals surface area contributed by atoms with Crippen LogP contribution in [0, 0.1) is 0 Å². The molecule has 0 radical (unpaired) electrons. The maximum Gasteiger partial charge on any atom is 0.315 e. The van der Waals surface area contributed by atoms with Gasteiger partial charge in [0.25, 0.3) is 5.91 Å². The Hall–Kier alpha value is -1.49. The Bertz CT molecular complexity index is 344. The lowest BCUT2D eigenvalue weighted by molar-refractivity contribution is -0.143. The van der Waals surface area contributed by atoms with Crippen molar-refractivity contribution < 1.29 is 13.6 Å². The Morgan fingerprint density at radius 1 is 1.29 bits per heavy atom. The molecule has 17 heavy (non-hydrogen) atoms. The molecule has 1 rings (SSSR count). The maximum atomic E-state index is 12.4. The van der Waals surface area contributed by atoms with Gasteiger partial charge in [-0.2, -0.15) is 8.78 Å². The summed E-state index contributed by atoms with van der Waals surface area (Å²) in [7, 11) is 0. The maximum absolute atomic E-state index is 12.4. The van der Waals surface area contributed by atoms with E-state index in [4.69, 9.17) is 5.73 Å². The molecule has 0 bridgehead atoms. The summed E-state index contributed by atoms with van der Waals surface area (Å²) < 4.78 is 24.8. The lowest BCUT2D eigenvalue weighted by Crippen LogP contribution is -2.36. The van der Waals surface area contributed by atoms with E-state index in [2.05, 4.69) is 0 Å². The molecule has 1 aromatic rings. The van der Waals surface area contributed by atoms with E-state index in [1.807, 2.05) is 18.2 Å². The van der Waals surface area contributed by atoms with Crippen molar-refractivity contribution in [1.82, 2.24) is 4.90 Å². The van der Waals surface area contributed by atoms with E-state index in [1.54, 1.807) is 12.1 Å². The summed E-state index contributed by atoms with van der Waals surface area (Å²) in [6.45, 7) is 0.834. The number of nitrogens with zero attached hydrogens (tertiary/aromatic N) is 1. The fraction of sp³-hybridized carbons (Fsp3) is 0.417. The Labute approximate surface area is 99.2 Å². The van der Waals surface area contributed by atoms with Crippen LogP contribution in [-0.2, 0) is 11.3 Å². The minimum absolute atomic E-state index is 0.198. The molecule has 0 fully saturated rings. The standard InChI is InChI=1S/C12H16F2N2O/c13-11(14)12(17)16(8-4-7-15)9-10-5-2-1-3-6-10/h1-3,5-6,11H,4,7-9,15H2. The third kappa shape index (κ3) is 4.48. The van der Waals surface area contributed by atoms with Crippen LogP contribution >= 0.6 is 0 Å². The average Bonchev–Trinajstić information content (AvgIpc) is 2.34. The molecule has 0 aromatic heterocycles. The molecule has 0 aliphatic heterocycles. The van der Waals surface area contributed by atoms with Gasteiger partial charge in [0.15, 0.2) is 0 Å². The van der Waals surface area contributed by atoms with E-state index >= 15 is 0 Å². The first-order valence-corrected chi connectivity index (χ1v) is 5.46. The van der Waals surface area contributed by atoms with Crippen LogP contribution < -0.4 is 5.73 Å². The Morgan fingerprint density at radius 2 is 1.94 bits per heavy atom. The molecule has 0 heterocycles. The molecule has 3 nitrogen and oxygen atoms in total. The van der Waals surface area contributed by atoms with Gasteiger partial charge in [-0.25, -0.2) is 0 Å². The number of alkyl halides is 2. The molecular weight excluding hydrogens is 226 g/mol. The zero-order valence-electron chi connectivity index (χ0n) is 9.48. The van der Waals surface area contributed by atoms with Crippen LogP contribution in [0.4, 0.5) is 8.78 Å². The molecule has 0 spiro atoms. The van der Waals surface area contributed by atoms with Crippen LogP contribution in [0.3, 0.4) is 0 Å². The van der Waals surface area contributed by atoms with Gasteiger partial charge in [-0.05, 0) is 18.5 Å². The molecule has 1 amide bonds. The summed E-state index contributed by atoms with van der Waals surface area (Å²) in [5.41, 5.74) is 6.15. The number of amides is 1. The highest BCUT2D eigenvalue weighted by Crippen LogP contribution is 2.08. The Morgan fingerprint density at radius 3 is 2.47 bits per heavy atom. The van der Waals surface area contributed by atoms with E-state index < -0.39 is 12.3 Å². The summed E-state index contributed by atoms with van der Waals surface area (Å²) in [5.74, 6) is -1.14. The molecule has 2 N–H and O–H groups in total. The van der Waals surface area contributed by atoms with E-state index in [0.29, 0.717) is 13.0 Å². The topological polar surface area (TPSA) is 46.3 Å². The van der Waals surface area contributed by atoms with E-state index in [0.717, 1.165) is 10.5 Å². The molecule has 1 aromatic carbocycles. The first-order chi connectivity index (χ1) is 8.15. The lowest BCUT2D eigenvalue weighted by Gasteiger charge is -2.22. The van der Waals surface area contributed by atoms with E-state index in [1.165, 1.54) is 0 Å². The van der Waals surface area contributed by atoms with Crippen LogP contribution in [-0.4, -0.2) is 30.3 Å². The van der Waals surface area contributed by atoms with Gasteiger partial charge in [-0.1, -0.05) is 30.3 Å². The van der Waals surface area contributed by atoms with Gasteiger partial charge in [0.2, 0.25) is 0 Å². The molecule has 94 valence electrons. The largest absolute Gasteiger partial charge is 0.333 e. The van der Waals surface area contributed by atoms with Gasteiger partial charge >= 0.3 is 6.43 Å². The van der Waals surface area contributed by atoms with Gasteiger partial charge in [0, 0.05) is 13.1 Å². The quantitative estimate of drug-likeness (QED) is 0.824. The smallest absolute Gasteiger partial charge is 0.315 e. The van der Waals surface area contributed by atoms with E-state index in [9.17, 15) is 13.6 Å². The van der Waals surface area contributed by atoms with Crippen LogP contribution in [0.25, 0.3) is 0 Å². The molecule has 0 saturated carbocycles. The van der Waals surface area contributed by atoms with Crippen LogP contribution in [0.5, 0.6) is 0 Å². The monoisotopic (exact) mass is 242 g/mol. The number of carbonyl (C=O) groups is 1. The highest BCUT2D eigenvalue weighted by molar-refractivity contribution is 5.79. The second-order valence-corrected chi connectivity index (χ2v) is 3.69. The number of carbonyl (C=O) groups excluding carboxylic acids is 1. The Balaban J connectivity index is 2.66. The molecule has 0 aliphatic rings. The number of hydrogen-bond acceptors (Lipinski definition) is 2. The van der Waals surface area contributed by atoms with Crippen molar-refractivity contribution in [2.75, 3.05) is 13.1 Å². The molecular formula is C12H16F2N2O. The lowest BCUT2D eigenvalue weighted by atomic mass is 10.2. The molecule has 0 aliphatic carbocycles. The summed E-state index contributed by atoms with van der Waals surface area (Å²) in [6, 6.07) is 9.05. The predicted octanol–water partition coefficient (Wildman–Crippen LogP) is 1.63. The predicted molar refractivity (Wildman–Crippen MR) is 61.5 cm³/mol. The fourth-order valence-corrected chi connectivity index (χ4v) is 1.49. The van der Waals surface area contributed by atoms with Crippen LogP contribution in [0.2, 0.25) is 0 Å². The van der Waals surface area contributed by atoms with Crippen molar-refractivity contribution in [1.29, 1.82) is 0 Å². The first-order valence-electron chi connectivity index (χ1n) is 5.46. The number of hydrogen-bond donors (Lipinski definition) is 1. The normalized spacial score (nSPS) is 10.6. The van der Waals surface area contributed by atoms with Gasteiger partial charge in [0.1, 0.15) is 0 Å². The Kier molecular flexibility index (Phi) is 5.56. The van der Waals surface area contributed by atoms with Crippen molar-refractivity contribution in [3.63, 3.8) is 0 Å². The molecule has 0 unspecified atom stereocenters. The second kappa shape index (κ2) is 6.96. The van der Waals surface area contributed by atoms with Gasteiger partial charge in [0.05, 0.1) is 0 Å². The van der Waals surface area contributed by atoms with E-state index in [-0.39, 0.29) is 13.1 Å². The number of benzene rings is 1. The summed E-state index contributed by atoms with van der Waals surface area (Å²) in [4.78, 5) is 12.4. The second-order valence-electron chi connectivity index (χ2n) is 3.69. The van der Waals surface area contributed by atoms with Crippen LogP contribution in [0.1, 0.15) is 12.0 Å². The van der Waals surface area contributed by atoms with Crippen molar-refractivity contribution in [3.05, 3.63) is 35.9 Å². The fourth-order valence-electron chi connectivity index (χ4n) is 1.49. The van der Waals surface area contributed by atoms with Crippen molar-refractivity contribution in [2.45, 2.75) is 19.4 Å². The zero-order valence-corrected chi connectivity index (χ0v) is 9.48. The van der Waals surface area contributed by atoms with Crippen molar-refractivity contribution >= 4 is 5.91 Å². The number of nitrogens with two attached hydrogens (primary N) is 1. The molecule has 0 atom stereocenters. The zero-order chi connectivity index (χ0) is 12.7. The highest BCUT2D eigenvalue weighted by Gasteiger charge is 2.22. The van der Waals surface area contributed by atoms with Gasteiger partial charge in [-0.15, -0.1) is 0 Å². The third-order valence-electron chi connectivity index (χ3n) is 2.35. The summed E-state index contributed by atoms with van der Waals surface area (Å²) in [5, 5.41) is 0. The molecule has 5 heteroatoms. The minimum Gasteiger partial charge on any atom is -0.333 e. The average molecular weight is 242 g/mol. The highest BCUT2D eigenvalue weighted by atomic mass is 19.3. The first kappa shape index (κ1) is 13.6.